The van der Waals surface area contributed by atoms with Crippen molar-refractivity contribution in [2.24, 2.45) is 0 Å². The molecule has 1 aromatic carbocycles. The zero-order valence-corrected chi connectivity index (χ0v) is 10.2. The van der Waals surface area contributed by atoms with Crippen LogP contribution in [0.1, 0.15) is 5.56 Å². The highest BCUT2D eigenvalue weighted by molar-refractivity contribution is 9.10. The van der Waals surface area contributed by atoms with Crippen molar-refractivity contribution in [1.29, 1.82) is 0 Å². The minimum absolute atomic E-state index is 0.0630. The van der Waals surface area contributed by atoms with Crippen molar-refractivity contribution in [3.8, 4) is 0 Å². The van der Waals surface area contributed by atoms with Gasteiger partial charge in [0.2, 0.25) is 0 Å². The number of hydrogen-bond donors (Lipinski definition) is 0. The monoisotopic (exact) mass is 302 g/mol. The van der Waals surface area contributed by atoms with Crippen molar-refractivity contribution in [1.82, 2.24) is 0 Å². The molecule has 2 nitrogen and oxygen atoms in total. The van der Waals surface area contributed by atoms with Crippen LogP contribution in [-0.2, 0) is 14.9 Å². The zero-order chi connectivity index (χ0) is 10.1. The predicted molar refractivity (Wildman–Crippen MR) is 56.7 cm³/mol. The second-order valence-corrected chi connectivity index (χ2v) is 6.01. The van der Waals surface area contributed by atoms with Crippen molar-refractivity contribution in [3.63, 3.8) is 0 Å². The quantitative estimate of drug-likeness (QED) is 0.621. The van der Waals surface area contributed by atoms with Crippen LogP contribution in [0.15, 0.2) is 27.6 Å². The summed E-state index contributed by atoms with van der Waals surface area (Å²) in [6.45, 7) is 0. The topological polar surface area (TPSA) is 34.1 Å². The van der Waals surface area contributed by atoms with Gasteiger partial charge in [-0.3, -0.25) is 0 Å². The molecule has 72 valence electrons. The highest BCUT2D eigenvalue weighted by atomic mass is 79.9. The average molecular weight is 304 g/mol. The van der Waals surface area contributed by atoms with Gasteiger partial charge in [0.1, 0.15) is 0 Å². The van der Waals surface area contributed by atoms with Crippen molar-refractivity contribution in [3.05, 3.63) is 28.2 Å². The maximum absolute atomic E-state index is 10.9. The summed E-state index contributed by atoms with van der Waals surface area (Å²) in [7, 11) is 1.49. The van der Waals surface area contributed by atoms with Gasteiger partial charge in [-0.25, -0.2) is 8.42 Å². The minimum Gasteiger partial charge on any atom is -0.207 e. The first-order chi connectivity index (χ1) is 5.95. The lowest BCUT2D eigenvalue weighted by molar-refractivity contribution is 0.609. The van der Waals surface area contributed by atoms with E-state index in [0.717, 1.165) is 4.47 Å². The van der Waals surface area contributed by atoms with Crippen molar-refractivity contribution in [2.75, 3.05) is 0 Å². The van der Waals surface area contributed by atoms with Gasteiger partial charge in [-0.2, -0.15) is 0 Å². The van der Waals surface area contributed by atoms with Crippen LogP contribution in [0.4, 0.5) is 0 Å². The smallest absolute Gasteiger partial charge is 0.207 e. The van der Waals surface area contributed by atoms with Gasteiger partial charge in [0.05, 0.1) is 4.90 Å². The fraction of sp³-hybridized carbons (Fsp3) is 0.143. The minimum atomic E-state index is -3.66. The Balaban J connectivity index is 3.30. The van der Waals surface area contributed by atoms with E-state index in [2.05, 4.69) is 15.9 Å². The standard InChI is InChI=1S/C7H5BrCl2O2S/c8-7-2-1-6(13(10,11)12)3-5(7)4-9/h1-3H,4H2. The molecule has 0 aliphatic rings. The molecule has 0 saturated heterocycles. The Morgan fingerprint density at radius 1 is 1.38 bits per heavy atom. The van der Waals surface area contributed by atoms with Gasteiger partial charge in [-0.15, -0.1) is 11.6 Å². The molecule has 0 bridgehead atoms. The molecule has 0 heterocycles. The molecule has 6 heteroatoms. The Morgan fingerprint density at radius 3 is 2.46 bits per heavy atom. The first-order valence-corrected chi connectivity index (χ1v) is 6.88. The van der Waals surface area contributed by atoms with Gasteiger partial charge in [-0.05, 0) is 23.8 Å². The van der Waals surface area contributed by atoms with Gasteiger partial charge in [0, 0.05) is 21.0 Å². The van der Waals surface area contributed by atoms with Crippen molar-refractivity contribution < 1.29 is 8.42 Å². The van der Waals surface area contributed by atoms with Crippen molar-refractivity contribution >= 4 is 47.3 Å². The van der Waals surface area contributed by atoms with E-state index in [9.17, 15) is 8.42 Å². The molecule has 0 spiro atoms. The van der Waals surface area contributed by atoms with Gasteiger partial charge >= 0.3 is 0 Å². The second kappa shape index (κ2) is 4.17. The zero-order valence-electron chi connectivity index (χ0n) is 6.30. The van der Waals surface area contributed by atoms with E-state index in [1.54, 1.807) is 6.07 Å². The molecule has 0 radical (unpaired) electrons. The Kier molecular flexibility index (Phi) is 3.63. The van der Waals surface area contributed by atoms with E-state index in [-0.39, 0.29) is 10.8 Å². The summed E-state index contributed by atoms with van der Waals surface area (Å²) in [6.07, 6.45) is 0. The van der Waals surface area contributed by atoms with E-state index < -0.39 is 9.05 Å². The summed E-state index contributed by atoms with van der Waals surface area (Å²) < 4.78 is 22.6. The molecule has 0 unspecified atom stereocenters. The van der Waals surface area contributed by atoms with Gasteiger partial charge in [0.25, 0.3) is 9.05 Å². The summed E-state index contributed by atoms with van der Waals surface area (Å²) in [5.41, 5.74) is 0.698. The SMILES string of the molecule is O=S(=O)(Cl)c1ccc(Br)c(CCl)c1. The maximum Gasteiger partial charge on any atom is 0.261 e. The molecular formula is C7H5BrCl2O2S. The summed E-state index contributed by atoms with van der Waals surface area (Å²) in [4.78, 5) is 0.0630. The van der Waals surface area contributed by atoms with E-state index in [1.807, 2.05) is 0 Å². The van der Waals surface area contributed by atoms with E-state index in [1.165, 1.54) is 12.1 Å². The van der Waals surface area contributed by atoms with E-state index in [4.69, 9.17) is 22.3 Å². The lowest BCUT2D eigenvalue weighted by Crippen LogP contribution is -1.92. The third kappa shape index (κ3) is 2.84. The van der Waals surface area contributed by atoms with Gasteiger partial charge in [0.15, 0.2) is 0 Å². The molecule has 0 N–H and O–H groups in total. The molecule has 0 aliphatic carbocycles. The highest BCUT2D eigenvalue weighted by Gasteiger charge is 2.11. The lowest BCUT2D eigenvalue weighted by atomic mass is 10.2. The first-order valence-electron chi connectivity index (χ1n) is 3.24. The Hall–Kier alpha value is 0.230. The average Bonchev–Trinajstić information content (AvgIpc) is 2.03. The maximum atomic E-state index is 10.9. The summed E-state index contributed by atoms with van der Waals surface area (Å²) in [5, 5.41) is 0. The summed E-state index contributed by atoms with van der Waals surface area (Å²) in [6, 6.07) is 4.47. The van der Waals surface area contributed by atoms with Crippen LogP contribution in [0, 0.1) is 0 Å². The largest absolute Gasteiger partial charge is 0.261 e. The Morgan fingerprint density at radius 2 is 2.00 bits per heavy atom. The molecule has 0 aromatic heterocycles. The fourth-order valence-corrected chi connectivity index (χ4v) is 2.38. The second-order valence-electron chi connectivity index (χ2n) is 2.32. The molecule has 13 heavy (non-hydrogen) atoms. The third-order valence-corrected chi connectivity index (χ3v) is 3.86. The summed E-state index contributed by atoms with van der Waals surface area (Å²) in [5.74, 6) is 0.237. The highest BCUT2D eigenvalue weighted by Crippen LogP contribution is 2.24. The summed E-state index contributed by atoms with van der Waals surface area (Å²) >= 11 is 8.82. The van der Waals surface area contributed by atoms with Crippen LogP contribution >= 0.6 is 38.2 Å². The Labute approximate surface area is 94.4 Å². The molecule has 0 aliphatic heterocycles. The predicted octanol–water partition coefficient (Wildman–Crippen LogP) is 3.12. The first kappa shape index (κ1) is 11.3. The van der Waals surface area contributed by atoms with Crippen LogP contribution in [0.3, 0.4) is 0 Å². The van der Waals surface area contributed by atoms with E-state index >= 15 is 0 Å². The van der Waals surface area contributed by atoms with Crippen LogP contribution in [-0.4, -0.2) is 8.42 Å². The molecule has 1 aromatic rings. The van der Waals surface area contributed by atoms with E-state index in [0.29, 0.717) is 5.56 Å². The number of benzene rings is 1. The number of rotatable bonds is 2. The van der Waals surface area contributed by atoms with Crippen LogP contribution in [0.25, 0.3) is 0 Å². The number of halogens is 3. The van der Waals surface area contributed by atoms with Crippen LogP contribution in [0.5, 0.6) is 0 Å². The molecular weight excluding hydrogens is 299 g/mol. The van der Waals surface area contributed by atoms with Crippen LogP contribution in [0.2, 0.25) is 0 Å². The lowest BCUT2D eigenvalue weighted by Gasteiger charge is -2.01. The number of alkyl halides is 1. The van der Waals surface area contributed by atoms with Crippen molar-refractivity contribution in [2.45, 2.75) is 10.8 Å². The molecule has 0 atom stereocenters. The molecule has 1 rings (SSSR count). The molecule has 0 amide bonds. The Bertz CT molecular complexity index is 417. The van der Waals surface area contributed by atoms with Gasteiger partial charge in [-0.1, -0.05) is 15.9 Å². The normalized spacial score (nSPS) is 11.6. The van der Waals surface area contributed by atoms with Gasteiger partial charge < -0.3 is 0 Å². The number of hydrogen-bond acceptors (Lipinski definition) is 2. The van der Waals surface area contributed by atoms with Crippen LogP contribution < -0.4 is 0 Å². The molecule has 0 saturated carbocycles. The molecule has 0 fully saturated rings. The fourth-order valence-electron chi connectivity index (χ4n) is 0.805. The third-order valence-electron chi connectivity index (χ3n) is 1.44.